The molecule has 0 aliphatic carbocycles. The minimum Gasteiger partial charge on any atom is -0.490 e. The summed E-state index contributed by atoms with van der Waals surface area (Å²) >= 11 is 0. The zero-order valence-corrected chi connectivity index (χ0v) is 11.1. The zero-order chi connectivity index (χ0) is 12.7. The molecule has 1 rings (SSSR count). The van der Waals surface area contributed by atoms with Crippen LogP contribution in [0.25, 0.3) is 0 Å². The van der Waals surface area contributed by atoms with Gasteiger partial charge in [0.05, 0.1) is 18.5 Å². The SMILES string of the molecule is COCCOc1ccc(CNC(C)(C)C)nc1. The molecule has 0 bridgehead atoms. The summed E-state index contributed by atoms with van der Waals surface area (Å²) in [5.41, 5.74) is 1.12. The molecule has 96 valence electrons. The molecular weight excluding hydrogens is 216 g/mol. The fourth-order valence-corrected chi connectivity index (χ4v) is 1.20. The second-order valence-corrected chi connectivity index (χ2v) is 4.93. The highest BCUT2D eigenvalue weighted by Crippen LogP contribution is 2.09. The number of nitrogens with one attached hydrogen (secondary N) is 1. The maximum atomic E-state index is 5.44. The van der Waals surface area contributed by atoms with Gasteiger partial charge in [-0.1, -0.05) is 0 Å². The molecule has 0 aliphatic rings. The molecule has 4 heteroatoms. The first kappa shape index (κ1) is 13.9. The summed E-state index contributed by atoms with van der Waals surface area (Å²) in [6, 6.07) is 3.91. The molecule has 4 nitrogen and oxygen atoms in total. The van der Waals surface area contributed by atoms with Crippen molar-refractivity contribution in [2.45, 2.75) is 32.9 Å². The first-order valence-electron chi connectivity index (χ1n) is 5.83. The molecule has 1 N–H and O–H groups in total. The Kier molecular flexibility index (Phi) is 5.38. The highest BCUT2D eigenvalue weighted by atomic mass is 16.5. The molecule has 0 spiro atoms. The van der Waals surface area contributed by atoms with Crippen LogP contribution in [0.1, 0.15) is 26.5 Å². The lowest BCUT2D eigenvalue weighted by Crippen LogP contribution is -2.35. The Morgan fingerprint density at radius 2 is 2.00 bits per heavy atom. The van der Waals surface area contributed by atoms with Crippen LogP contribution < -0.4 is 10.1 Å². The second kappa shape index (κ2) is 6.57. The number of hydrogen-bond acceptors (Lipinski definition) is 4. The van der Waals surface area contributed by atoms with Gasteiger partial charge in [-0.2, -0.15) is 0 Å². The van der Waals surface area contributed by atoms with E-state index in [0.717, 1.165) is 18.0 Å². The fraction of sp³-hybridized carbons (Fsp3) is 0.615. The van der Waals surface area contributed by atoms with Crippen molar-refractivity contribution < 1.29 is 9.47 Å². The van der Waals surface area contributed by atoms with Crippen LogP contribution in [0.4, 0.5) is 0 Å². The Hall–Kier alpha value is -1.13. The van der Waals surface area contributed by atoms with Crippen molar-refractivity contribution in [1.29, 1.82) is 0 Å². The standard InChI is InChI=1S/C13H22N2O2/c1-13(2,3)15-9-11-5-6-12(10-14-11)17-8-7-16-4/h5-6,10,15H,7-9H2,1-4H3. The van der Waals surface area contributed by atoms with E-state index in [1.165, 1.54) is 0 Å². The highest BCUT2D eigenvalue weighted by molar-refractivity contribution is 5.19. The molecule has 0 fully saturated rings. The maximum absolute atomic E-state index is 5.44. The van der Waals surface area contributed by atoms with E-state index in [4.69, 9.17) is 9.47 Å². The van der Waals surface area contributed by atoms with Crippen LogP contribution in [0.15, 0.2) is 18.3 Å². The van der Waals surface area contributed by atoms with Crippen molar-refractivity contribution in [2.24, 2.45) is 0 Å². The third-order valence-electron chi connectivity index (χ3n) is 2.15. The van der Waals surface area contributed by atoms with Gasteiger partial charge < -0.3 is 14.8 Å². The zero-order valence-electron chi connectivity index (χ0n) is 11.1. The van der Waals surface area contributed by atoms with Crippen molar-refractivity contribution >= 4 is 0 Å². The van der Waals surface area contributed by atoms with Crippen LogP contribution in [0.5, 0.6) is 5.75 Å². The number of nitrogens with zero attached hydrogens (tertiary/aromatic N) is 1. The monoisotopic (exact) mass is 238 g/mol. The molecule has 0 saturated carbocycles. The topological polar surface area (TPSA) is 43.4 Å². The molecule has 1 heterocycles. The van der Waals surface area contributed by atoms with Gasteiger partial charge in [0.25, 0.3) is 0 Å². The second-order valence-electron chi connectivity index (χ2n) is 4.93. The third-order valence-corrected chi connectivity index (χ3v) is 2.15. The molecule has 0 saturated heterocycles. The number of hydrogen-bond donors (Lipinski definition) is 1. The van der Waals surface area contributed by atoms with Gasteiger partial charge in [0, 0.05) is 19.2 Å². The van der Waals surface area contributed by atoms with Crippen LogP contribution in [0, 0.1) is 0 Å². The number of ether oxygens (including phenoxy) is 2. The lowest BCUT2D eigenvalue weighted by Gasteiger charge is -2.20. The van der Waals surface area contributed by atoms with E-state index < -0.39 is 0 Å². The third kappa shape index (κ3) is 6.24. The molecule has 1 aromatic rings. The van der Waals surface area contributed by atoms with Gasteiger partial charge in [-0.05, 0) is 32.9 Å². The Bertz CT molecular complexity index is 317. The number of aromatic nitrogens is 1. The lowest BCUT2D eigenvalue weighted by molar-refractivity contribution is 0.146. The molecule has 17 heavy (non-hydrogen) atoms. The van der Waals surface area contributed by atoms with Crippen molar-refractivity contribution in [1.82, 2.24) is 10.3 Å². The average molecular weight is 238 g/mol. The van der Waals surface area contributed by atoms with E-state index in [9.17, 15) is 0 Å². The smallest absolute Gasteiger partial charge is 0.137 e. The summed E-state index contributed by atoms with van der Waals surface area (Å²) in [7, 11) is 1.66. The van der Waals surface area contributed by atoms with Crippen molar-refractivity contribution in [3.05, 3.63) is 24.0 Å². The Balaban J connectivity index is 2.39. The van der Waals surface area contributed by atoms with Crippen molar-refractivity contribution in [2.75, 3.05) is 20.3 Å². The van der Waals surface area contributed by atoms with Gasteiger partial charge in [0.1, 0.15) is 12.4 Å². The highest BCUT2D eigenvalue weighted by Gasteiger charge is 2.08. The van der Waals surface area contributed by atoms with E-state index in [0.29, 0.717) is 13.2 Å². The minimum absolute atomic E-state index is 0.106. The molecular formula is C13H22N2O2. The van der Waals surface area contributed by atoms with Gasteiger partial charge in [0.15, 0.2) is 0 Å². The average Bonchev–Trinajstić information content (AvgIpc) is 2.27. The summed E-state index contributed by atoms with van der Waals surface area (Å²) in [6.45, 7) is 8.31. The van der Waals surface area contributed by atoms with E-state index >= 15 is 0 Å². The predicted octanol–water partition coefficient (Wildman–Crippen LogP) is 1.99. The van der Waals surface area contributed by atoms with Crippen LogP contribution in [0.2, 0.25) is 0 Å². The van der Waals surface area contributed by atoms with E-state index in [1.807, 2.05) is 12.1 Å². The quantitative estimate of drug-likeness (QED) is 0.770. The molecule has 1 aromatic heterocycles. The van der Waals surface area contributed by atoms with E-state index in [1.54, 1.807) is 13.3 Å². The number of methoxy groups -OCH3 is 1. The van der Waals surface area contributed by atoms with Crippen LogP contribution in [0.3, 0.4) is 0 Å². The Morgan fingerprint density at radius 1 is 1.24 bits per heavy atom. The van der Waals surface area contributed by atoms with E-state index in [2.05, 4.69) is 31.1 Å². The van der Waals surface area contributed by atoms with Crippen LogP contribution >= 0.6 is 0 Å². The summed E-state index contributed by atoms with van der Waals surface area (Å²) in [5, 5.41) is 3.39. The van der Waals surface area contributed by atoms with Crippen LogP contribution in [-0.4, -0.2) is 30.8 Å². The Labute approximate surface area is 103 Å². The molecule has 0 atom stereocenters. The summed E-state index contributed by atoms with van der Waals surface area (Å²) in [5.74, 6) is 0.779. The Morgan fingerprint density at radius 3 is 2.53 bits per heavy atom. The first-order valence-corrected chi connectivity index (χ1v) is 5.83. The number of rotatable bonds is 6. The summed E-state index contributed by atoms with van der Waals surface area (Å²) in [4.78, 5) is 4.33. The van der Waals surface area contributed by atoms with Gasteiger partial charge >= 0.3 is 0 Å². The van der Waals surface area contributed by atoms with Crippen molar-refractivity contribution in [3.63, 3.8) is 0 Å². The summed E-state index contributed by atoms with van der Waals surface area (Å²) in [6.07, 6.45) is 1.75. The number of pyridine rings is 1. The molecule has 0 aromatic carbocycles. The molecule has 0 unspecified atom stereocenters. The molecule has 0 amide bonds. The van der Waals surface area contributed by atoms with Crippen molar-refractivity contribution in [3.8, 4) is 5.75 Å². The molecule has 0 aliphatic heterocycles. The maximum Gasteiger partial charge on any atom is 0.137 e. The van der Waals surface area contributed by atoms with Gasteiger partial charge in [-0.3, -0.25) is 4.98 Å². The van der Waals surface area contributed by atoms with Gasteiger partial charge in [-0.15, -0.1) is 0 Å². The van der Waals surface area contributed by atoms with Gasteiger partial charge in [0.2, 0.25) is 0 Å². The largest absolute Gasteiger partial charge is 0.490 e. The normalized spacial score (nSPS) is 11.5. The predicted molar refractivity (Wildman–Crippen MR) is 68.2 cm³/mol. The lowest BCUT2D eigenvalue weighted by atomic mass is 10.1. The van der Waals surface area contributed by atoms with Gasteiger partial charge in [-0.25, -0.2) is 0 Å². The van der Waals surface area contributed by atoms with Crippen LogP contribution in [-0.2, 0) is 11.3 Å². The molecule has 0 radical (unpaired) electrons. The van der Waals surface area contributed by atoms with E-state index in [-0.39, 0.29) is 5.54 Å². The first-order chi connectivity index (χ1) is 8.01. The fourth-order valence-electron chi connectivity index (χ4n) is 1.20. The minimum atomic E-state index is 0.106. The summed E-state index contributed by atoms with van der Waals surface area (Å²) < 4.78 is 10.3.